The van der Waals surface area contributed by atoms with Gasteiger partial charge in [-0.3, -0.25) is 5.10 Å². The van der Waals surface area contributed by atoms with Crippen LogP contribution < -0.4 is 5.32 Å². The molecule has 0 radical (unpaired) electrons. The molecular formula is C12H9ClFN5. The molecular weight excluding hydrogens is 269 g/mol. The fraction of sp³-hybridized carbons (Fsp3) is 0.0833. The lowest BCUT2D eigenvalue weighted by atomic mass is 10.2. The van der Waals surface area contributed by atoms with Crippen molar-refractivity contribution in [1.82, 2.24) is 20.2 Å². The van der Waals surface area contributed by atoms with Gasteiger partial charge in [0.15, 0.2) is 5.65 Å². The van der Waals surface area contributed by atoms with Gasteiger partial charge in [0, 0.05) is 5.69 Å². The van der Waals surface area contributed by atoms with E-state index in [0.717, 1.165) is 0 Å². The fourth-order valence-corrected chi connectivity index (χ4v) is 1.88. The van der Waals surface area contributed by atoms with Gasteiger partial charge in [-0.1, -0.05) is 6.07 Å². The standard InChI is InChI=1S/C12H9ClFN5/c1-6-2-3-7(4-9(6)14)16-10-8-5-15-19-11(8)18-12(13)17-10/h2-5H,1H3,(H2,15,16,17,18,19). The fourth-order valence-electron chi connectivity index (χ4n) is 1.71. The zero-order valence-corrected chi connectivity index (χ0v) is 10.7. The first-order valence-corrected chi connectivity index (χ1v) is 5.91. The van der Waals surface area contributed by atoms with Crippen LogP contribution in [0.2, 0.25) is 5.28 Å². The minimum atomic E-state index is -0.284. The molecule has 0 aliphatic carbocycles. The number of aromatic nitrogens is 4. The molecule has 2 aromatic heterocycles. The van der Waals surface area contributed by atoms with Gasteiger partial charge in [-0.2, -0.15) is 15.1 Å². The van der Waals surface area contributed by atoms with Gasteiger partial charge in [0.25, 0.3) is 0 Å². The van der Waals surface area contributed by atoms with Crippen molar-refractivity contribution in [1.29, 1.82) is 0 Å². The maximum Gasteiger partial charge on any atom is 0.226 e. The number of nitrogens with zero attached hydrogens (tertiary/aromatic N) is 3. The lowest BCUT2D eigenvalue weighted by molar-refractivity contribution is 0.619. The Morgan fingerprint density at radius 1 is 1.32 bits per heavy atom. The van der Waals surface area contributed by atoms with Crippen molar-refractivity contribution in [3.05, 3.63) is 41.1 Å². The number of anilines is 2. The van der Waals surface area contributed by atoms with Crippen molar-refractivity contribution in [2.75, 3.05) is 5.32 Å². The summed E-state index contributed by atoms with van der Waals surface area (Å²) in [7, 11) is 0. The van der Waals surface area contributed by atoms with E-state index in [4.69, 9.17) is 11.6 Å². The molecule has 96 valence electrons. The Hall–Kier alpha value is -2.21. The molecule has 3 rings (SSSR count). The van der Waals surface area contributed by atoms with Gasteiger partial charge in [-0.25, -0.2) is 4.39 Å². The van der Waals surface area contributed by atoms with Gasteiger partial charge in [0.05, 0.1) is 11.6 Å². The van der Waals surface area contributed by atoms with Crippen molar-refractivity contribution in [3.8, 4) is 0 Å². The van der Waals surface area contributed by atoms with E-state index in [-0.39, 0.29) is 11.1 Å². The quantitative estimate of drug-likeness (QED) is 0.706. The van der Waals surface area contributed by atoms with Gasteiger partial charge in [-0.05, 0) is 36.2 Å². The number of fused-ring (bicyclic) bond motifs is 1. The van der Waals surface area contributed by atoms with Crippen LogP contribution in [-0.2, 0) is 0 Å². The molecule has 0 atom stereocenters. The predicted octanol–water partition coefficient (Wildman–Crippen LogP) is 3.20. The average Bonchev–Trinajstić information content (AvgIpc) is 2.82. The Labute approximate surface area is 112 Å². The third-order valence-corrected chi connectivity index (χ3v) is 2.89. The SMILES string of the molecule is Cc1ccc(Nc2nc(Cl)nc3[nH]ncc23)cc1F. The van der Waals surface area contributed by atoms with Crippen molar-refractivity contribution in [2.45, 2.75) is 6.92 Å². The van der Waals surface area contributed by atoms with E-state index in [1.807, 2.05) is 0 Å². The summed E-state index contributed by atoms with van der Waals surface area (Å²) in [6.45, 7) is 1.70. The Balaban J connectivity index is 2.04. The number of halogens is 2. The van der Waals surface area contributed by atoms with Gasteiger partial charge in [0.1, 0.15) is 11.6 Å². The van der Waals surface area contributed by atoms with E-state index in [1.54, 1.807) is 25.3 Å². The number of hydrogen-bond acceptors (Lipinski definition) is 4. The summed E-state index contributed by atoms with van der Waals surface area (Å²) in [4.78, 5) is 8.07. The van der Waals surface area contributed by atoms with Crippen LogP contribution in [0.5, 0.6) is 0 Å². The molecule has 0 amide bonds. The summed E-state index contributed by atoms with van der Waals surface area (Å²) in [5.74, 6) is 0.195. The topological polar surface area (TPSA) is 66.5 Å². The van der Waals surface area contributed by atoms with Gasteiger partial charge in [0.2, 0.25) is 5.28 Å². The minimum Gasteiger partial charge on any atom is -0.339 e. The third-order valence-electron chi connectivity index (χ3n) is 2.72. The van der Waals surface area contributed by atoms with Crippen molar-refractivity contribution in [3.63, 3.8) is 0 Å². The highest BCUT2D eigenvalue weighted by molar-refractivity contribution is 6.28. The number of hydrogen-bond donors (Lipinski definition) is 2. The second-order valence-corrected chi connectivity index (χ2v) is 4.40. The number of H-pyrrole nitrogens is 1. The molecule has 0 fully saturated rings. The highest BCUT2D eigenvalue weighted by Crippen LogP contribution is 2.24. The number of aryl methyl sites for hydroxylation is 1. The number of nitrogens with one attached hydrogen (secondary N) is 2. The molecule has 0 aliphatic heterocycles. The molecule has 0 bridgehead atoms. The molecule has 0 unspecified atom stereocenters. The molecule has 0 spiro atoms. The minimum absolute atomic E-state index is 0.0897. The maximum absolute atomic E-state index is 13.5. The summed E-state index contributed by atoms with van der Waals surface area (Å²) < 4.78 is 13.5. The smallest absolute Gasteiger partial charge is 0.226 e. The largest absolute Gasteiger partial charge is 0.339 e. The molecule has 7 heteroatoms. The van der Waals surface area contributed by atoms with Crippen molar-refractivity contribution in [2.24, 2.45) is 0 Å². The summed E-state index contributed by atoms with van der Waals surface area (Å²) in [6.07, 6.45) is 1.58. The van der Waals surface area contributed by atoms with Crippen molar-refractivity contribution >= 4 is 34.1 Å². The van der Waals surface area contributed by atoms with Crippen LogP contribution in [0.3, 0.4) is 0 Å². The third kappa shape index (κ3) is 2.22. The zero-order valence-electron chi connectivity index (χ0n) is 9.91. The second kappa shape index (κ2) is 4.47. The first-order chi connectivity index (χ1) is 9.13. The number of rotatable bonds is 2. The Morgan fingerprint density at radius 2 is 2.16 bits per heavy atom. The molecule has 19 heavy (non-hydrogen) atoms. The molecule has 0 aliphatic rings. The van der Waals surface area contributed by atoms with Crippen LogP contribution in [0.4, 0.5) is 15.9 Å². The second-order valence-electron chi connectivity index (χ2n) is 4.06. The highest BCUT2D eigenvalue weighted by Gasteiger charge is 2.09. The molecule has 2 N–H and O–H groups in total. The summed E-state index contributed by atoms with van der Waals surface area (Å²) in [5.41, 5.74) is 1.69. The number of aromatic amines is 1. The van der Waals surface area contributed by atoms with Crippen molar-refractivity contribution < 1.29 is 4.39 Å². The van der Waals surface area contributed by atoms with Gasteiger partial charge in [-0.15, -0.1) is 0 Å². The average molecular weight is 278 g/mol. The van der Waals surface area contributed by atoms with Crippen LogP contribution in [0, 0.1) is 12.7 Å². The summed E-state index contributed by atoms with van der Waals surface area (Å²) in [5, 5.41) is 10.4. The Bertz CT molecular complexity index is 755. The van der Waals surface area contributed by atoms with Gasteiger partial charge < -0.3 is 5.32 Å². The predicted molar refractivity (Wildman–Crippen MR) is 71.1 cm³/mol. The van der Waals surface area contributed by atoms with E-state index in [2.05, 4.69) is 25.5 Å². The first-order valence-electron chi connectivity index (χ1n) is 5.53. The molecule has 1 aromatic carbocycles. The molecule has 0 saturated heterocycles. The Kier molecular flexibility index (Phi) is 2.79. The molecule has 2 heterocycles. The van der Waals surface area contributed by atoms with Crippen LogP contribution in [-0.4, -0.2) is 20.2 Å². The molecule has 3 aromatic rings. The highest BCUT2D eigenvalue weighted by atomic mass is 35.5. The van der Waals surface area contributed by atoms with E-state index in [9.17, 15) is 4.39 Å². The van der Waals surface area contributed by atoms with E-state index in [0.29, 0.717) is 28.1 Å². The maximum atomic E-state index is 13.5. The lowest BCUT2D eigenvalue weighted by Crippen LogP contribution is -1.97. The van der Waals surface area contributed by atoms with Gasteiger partial charge >= 0.3 is 0 Å². The Morgan fingerprint density at radius 3 is 2.95 bits per heavy atom. The lowest BCUT2D eigenvalue weighted by Gasteiger charge is -2.07. The van der Waals surface area contributed by atoms with E-state index in [1.165, 1.54) is 6.07 Å². The van der Waals surface area contributed by atoms with Crippen LogP contribution >= 0.6 is 11.6 Å². The zero-order chi connectivity index (χ0) is 13.4. The normalized spacial score (nSPS) is 10.9. The van der Waals surface area contributed by atoms with Crippen LogP contribution in [0.15, 0.2) is 24.4 Å². The van der Waals surface area contributed by atoms with Crippen LogP contribution in [0.1, 0.15) is 5.56 Å². The first kappa shape index (κ1) is 11.9. The van der Waals surface area contributed by atoms with Crippen LogP contribution in [0.25, 0.3) is 11.0 Å². The summed E-state index contributed by atoms with van der Waals surface area (Å²) in [6, 6.07) is 4.85. The number of benzene rings is 1. The monoisotopic (exact) mass is 277 g/mol. The van der Waals surface area contributed by atoms with E-state index < -0.39 is 0 Å². The molecule has 0 saturated carbocycles. The summed E-state index contributed by atoms with van der Waals surface area (Å²) >= 11 is 5.82. The van der Waals surface area contributed by atoms with E-state index >= 15 is 0 Å². The molecule has 5 nitrogen and oxygen atoms in total.